The van der Waals surface area contributed by atoms with Gasteiger partial charge in [-0.05, 0) is 122 Å². The summed E-state index contributed by atoms with van der Waals surface area (Å²) in [5.41, 5.74) is 3.95. The fraction of sp³-hybridized carbons (Fsp3) is 0.133. The molecule has 0 atom stereocenters. The Kier molecular flexibility index (Phi) is 11.3. The molecule has 0 bridgehead atoms. The van der Waals surface area contributed by atoms with Gasteiger partial charge in [0.05, 0.1) is 16.7 Å². The van der Waals surface area contributed by atoms with Gasteiger partial charge < -0.3 is 29.3 Å². The fourth-order valence-electron chi connectivity index (χ4n) is 5.81. The normalized spacial score (nSPS) is 11.1. The molecule has 0 amide bonds. The second-order valence-corrected chi connectivity index (χ2v) is 13.4. The summed E-state index contributed by atoms with van der Waals surface area (Å²) in [7, 11) is 0. The Labute approximate surface area is 318 Å². The highest BCUT2D eigenvalue weighted by Crippen LogP contribution is 2.35. The SMILES string of the molecule is Cc1ccc(COOc2ccc(Oc3ccc(C(C)(C)c4ccc(Oc5ccc(OC(=O)c6ccc(C)cc6C(=O)O)cc5)cc4)cc3)cc2)c(C(=O)O)c1. The Morgan fingerprint density at radius 2 is 0.927 bits per heavy atom. The van der Waals surface area contributed by atoms with Gasteiger partial charge in [0, 0.05) is 5.41 Å². The number of ether oxygens (including phenoxy) is 3. The van der Waals surface area contributed by atoms with E-state index in [0.717, 1.165) is 22.3 Å². The topological polar surface area (TPSA) is 138 Å². The first kappa shape index (κ1) is 37.8. The first-order chi connectivity index (χ1) is 26.3. The molecule has 0 aromatic heterocycles. The molecular weight excluding hydrogens is 700 g/mol. The molecule has 6 aromatic rings. The van der Waals surface area contributed by atoms with E-state index in [1.165, 1.54) is 12.1 Å². The standard InChI is InChI=1S/C45H38O10/c1-28-5-7-30(40(25-28)42(46)47)27-51-55-38-22-20-36(21-23-38)53-34-14-10-32(11-15-34)45(3,4)31-8-12-33(13-9-31)52-35-16-18-37(19-17-35)54-44(50)39-24-6-29(2)26-41(39)43(48)49/h5-26H,27H2,1-4H3,(H,46,47)(H,48,49). The van der Waals surface area contributed by atoms with Gasteiger partial charge >= 0.3 is 17.9 Å². The van der Waals surface area contributed by atoms with Gasteiger partial charge in [0.25, 0.3) is 0 Å². The Morgan fingerprint density at radius 3 is 1.42 bits per heavy atom. The minimum atomic E-state index is -1.20. The zero-order valence-corrected chi connectivity index (χ0v) is 30.6. The van der Waals surface area contributed by atoms with Crippen molar-refractivity contribution in [1.29, 1.82) is 0 Å². The highest BCUT2D eigenvalue weighted by atomic mass is 17.2. The third-order valence-corrected chi connectivity index (χ3v) is 8.97. The molecule has 6 aromatic carbocycles. The molecular formula is C45H38O10. The third kappa shape index (κ3) is 9.37. The number of hydrogen-bond donors (Lipinski definition) is 2. The predicted molar refractivity (Wildman–Crippen MR) is 205 cm³/mol. The van der Waals surface area contributed by atoms with Crippen molar-refractivity contribution in [3.05, 3.63) is 178 Å². The lowest BCUT2D eigenvalue weighted by molar-refractivity contribution is -0.217. The molecule has 0 spiro atoms. The van der Waals surface area contributed by atoms with Crippen LogP contribution in [-0.2, 0) is 16.9 Å². The molecule has 6 rings (SSSR count). The molecule has 0 fully saturated rings. The Hall–Kier alpha value is -6.91. The van der Waals surface area contributed by atoms with E-state index in [1.54, 1.807) is 73.7 Å². The molecule has 278 valence electrons. The average molecular weight is 739 g/mol. The van der Waals surface area contributed by atoms with E-state index in [9.17, 15) is 24.6 Å². The molecule has 0 unspecified atom stereocenters. The molecule has 0 aliphatic rings. The van der Waals surface area contributed by atoms with Gasteiger partial charge in [-0.15, -0.1) is 0 Å². The Morgan fingerprint density at radius 1 is 0.509 bits per heavy atom. The minimum Gasteiger partial charge on any atom is -0.478 e. The van der Waals surface area contributed by atoms with E-state index >= 15 is 0 Å². The maximum absolute atomic E-state index is 12.7. The second-order valence-electron chi connectivity index (χ2n) is 13.4. The summed E-state index contributed by atoms with van der Waals surface area (Å²) in [6.45, 7) is 7.83. The lowest BCUT2D eigenvalue weighted by Crippen LogP contribution is -2.18. The van der Waals surface area contributed by atoms with E-state index in [1.807, 2.05) is 61.5 Å². The molecule has 0 aliphatic carbocycles. The van der Waals surface area contributed by atoms with Gasteiger partial charge in [-0.3, -0.25) is 0 Å². The van der Waals surface area contributed by atoms with Gasteiger partial charge in [0.1, 0.15) is 35.4 Å². The Bertz CT molecular complexity index is 2310. The van der Waals surface area contributed by atoms with Crippen molar-refractivity contribution in [3.8, 4) is 34.5 Å². The number of carboxylic acid groups (broad SMARTS) is 2. The number of aromatic carboxylic acids is 2. The quantitative estimate of drug-likeness (QED) is 0.0480. The summed E-state index contributed by atoms with van der Waals surface area (Å²) >= 11 is 0. The van der Waals surface area contributed by atoms with Crippen LogP contribution in [0.2, 0.25) is 0 Å². The average Bonchev–Trinajstić information content (AvgIpc) is 3.17. The molecule has 55 heavy (non-hydrogen) atoms. The second kappa shape index (κ2) is 16.4. The number of hydrogen-bond acceptors (Lipinski definition) is 8. The van der Waals surface area contributed by atoms with Crippen LogP contribution in [0.25, 0.3) is 0 Å². The van der Waals surface area contributed by atoms with Crippen molar-refractivity contribution in [3.63, 3.8) is 0 Å². The van der Waals surface area contributed by atoms with Crippen LogP contribution in [0.5, 0.6) is 34.5 Å². The molecule has 0 aliphatic heterocycles. The number of rotatable bonds is 14. The van der Waals surface area contributed by atoms with Crippen LogP contribution in [0.4, 0.5) is 0 Å². The van der Waals surface area contributed by atoms with Gasteiger partial charge in [0.15, 0.2) is 5.75 Å². The van der Waals surface area contributed by atoms with Crippen LogP contribution in [0, 0.1) is 13.8 Å². The summed E-state index contributed by atoms with van der Waals surface area (Å²) in [6.07, 6.45) is 0. The van der Waals surface area contributed by atoms with Crippen LogP contribution in [0.15, 0.2) is 133 Å². The largest absolute Gasteiger partial charge is 0.478 e. The summed E-state index contributed by atoms with van der Waals surface area (Å²) in [5, 5.41) is 18.9. The molecule has 10 heteroatoms. The van der Waals surface area contributed by atoms with E-state index in [-0.39, 0.29) is 34.5 Å². The number of benzene rings is 6. The van der Waals surface area contributed by atoms with Crippen LogP contribution in [0.3, 0.4) is 0 Å². The van der Waals surface area contributed by atoms with Crippen LogP contribution < -0.4 is 19.1 Å². The maximum atomic E-state index is 12.7. The third-order valence-electron chi connectivity index (χ3n) is 8.97. The van der Waals surface area contributed by atoms with E-state index in [0.29, 0.717) is 34.3 Å². The highest BCUT2D eigenvalue weighted by molar-refractivity contribution is 6.03. The Balaban J connectivity index is 1.01. The number of carbonyl (C=O) groups excluding carboxylic acids is 1. The number of carboxylic acids is 2. The predicted octanol–water partition coefficient (Wildman–Crippen LogP) is 10.3. The van der Waals surface area contributed by atoms with Crippen LogP contribution in [0.1, 0.15) is 72.7 Å². The summed E-state index contributed by atoms with van der Waals surface area (Å²) in [4.78, 5) is 46.5. The van der Waals surface area contributed by atoms with Crippen LogP contribution >= 0.6 is 0 Å². The number of esters is 1. The van der Waals surface area contributed by atoms with E-state index in [4.69, 9.17) is 24.0 Å². The van der Waals surface area contributed by atoms with Gasteiger partial charge in [-0.25, -0.2) is 14.4 Å². The molecule has 10 nitrogen and oxygen atoms in total. The van der Waals surface area contributed by atoms with Crippen molar-refractivity contribution in [2.75, 3.05) is 0 Å². The summed E-state index contributed by atoms with van der Waals surface area (Å²) < 4.78 is 17.5. The molecule has 0 radical (unpaired) electrons. The van der Waals surface area contributed by atoms with Crippen molar-refractivity contribution < 1.29 is 48.6 Å². The van der Waals surface area contributed by atoms with E-state index in [2.05, 4.69) is 13.8 Å². The molecule has 0 saturated carbocycles. The zero-order valence-electron chi connectivity index (χ0n) is 30.6. The first-order valence-corrected chi connectivity index (χ1v) is 17.3. The van der Waals surface area contributed by atoms with E-state index < -0.39 is 17.9 Å². The van der Waals surface area contributed by atoms with Crippen molar-refractivity contribution in [2.45, 2.75) is 39.7 Å². The summed E-state index contributed by atoms with van der Waals surface area (Å²) in [5.74, 6) is 0.145. The zero-order chi connectivity index (χ0) is 39.1. The van der Waals surface area contributed by atoms with Crippen molar-refractivity contribution in [1.82, 2.24) is 0 Å². The molecule has 0 saturated heterocycles. The van der Waals surface area contributed by atoms with Crippen molar-refractivity contribution >= 4 is 17.9 Å². The van der Waals surface area contributed by atoms with Crippen LogP contribution in [-0.4, -0.2) is 28.1 Å². The maximum Gasteiger partial charge on any atom is 0.344 e. The smallest absolute Gasteiger partial charge is 0.344 e. The lowest BCUT2D eigenvalue weighted by Gasteiger charge is -2.26. The minimum absolute atomic E-state index is 0.0202. The van der Waals surface area contributed by atoms with Crippen molar-refractivity contribution in [2.24, 2.45) is 0 Å². The van der Waals surface area contributed by atoms with Gasteiger partial charge in [-0.1, -0.05) is 67.4 Å². The molecule has 0 heterocycles. The first-order valence-electron chi connectivity index (χ1n) is 17.3. The molecule has 2 N–H and O–H groups in total. The highest BCUT2D eigenvalue weighted by Gasteiger charge is 2.24. The summed E-state index contributed by atoms with van der Waals surface area (Å²) in [6, 6.07) is 38.8. The fourth-order valence-corrected chi connectivity index (χ4v) is 5.81. The number of carbonyl (C=O) groups is 3. The van der Waals surface area contributed by atoms with Gasteiger partial charge in [0.2, 0.25) is 0 Å². The monoisotopic (exact) mass is 738 g/mol. The number of aryl methyl sites for hydroxylation is 2. The lowest BCUT2D eigenvalue weighted by atomic mass is 9.78. The van der Waals surface area contributed by atoms with Gasteiger partial charge in [-0.2, -0.15) is 4.89 Å².